The summed E-state index contributed by atoms with van der Waals surface area (Å²) in [6, 6.07) is 8.70. The van der Waals surface area contributed by atoms with Gasteiger partial charge in [0.25, 0.3) is 0 Å². The molecule has 2 N–H and O–H groups in total. The van der Waals surface area contributed by atoms with Crippen molar-refractivity contribution in [3.05, 3.63) is 58.1 Å². The first-order valence-electron chi connectivity index (χ1n) is 12.1. The molecule has 1 aliphatic rings. The Morgan fingerprint density at radius 1 is 1.19 bits per heavy atom. The van der Waals surface area contributed by atoms with E-state index in [1.807, 2.05) is 33.8 Å². The number of sulfonamides is 1. The van der Waals surface area contributed by atoms with Crippen molar-refractivity contribution in [2.45, 2.75) is 46.1 Å². The number of carbonyl (C=O) groups excluding carboxylic acids is 2. The number of hydrogen-bond acceptors (Lipinski definition) is 6. The highest BCUT2D eigenvalue weighted by Crippen LogP contribution is 2.34. The second-order valence-corrected chi connectivity index (χ2v) is 12.3. The van der Waals surface area contributed by atoms with Gasteiger partial charge < -0.3 is 15.0 Å². The van der Waals surface area contributed by atoms with E-state index < -0.39 is 15.4 Å². The number of rotatable bonds is 9. The highest BCUT2D eigenvalue weighted by Gasteiger charge is 2.30. The summed E-state index contributed by atoms with van der Waals surface area (Å²) in [5.74, 6) is 0.490. The Balaban J connectivity index is 1.89. The summed E-state index contributed by atoms with van der Waals surface area (Å²) in [7, 11) is -0.402. The van der Waals surface area contributed by atoms with Crippen molar-refractivity contribution in [2.75, 3.05) is 37.8 Å². The van der Waals surface area contributed by atoms with Gasteiger partial charge in [0.15, 0.2) is 5.78 Å². The molecule has 9 nitrogen and oxygen atoms in total. The van der Waals surface area contributed by atoms with Gasteiger partial charge in [0.1, 0.15) is 11.6 Å². The fraction of sp³-hybridized carbons (Fsp3) is 0.444. The molecule has 0 aromatic heterocycles. The molecule has 1 aliphatic heterocycles. The first-order chi connectivity index (χ1) is 17.2. The number of carbonyl (C=O) groups is 2. The van der Waals surface area contributed by atoms with Gasteiger partial charge in [0.05, 0.1) is 31.5 Å². The van der Waals surface area contributed by atoms with Crippen molar-refractivity contribution in [1.82, 2.24) is 10.2 Å². The minimum Gasteiger partial charge on any atom is -0.494 e. The summed E-state index contributed by atoms with van der Waals surface area (Å²) in [6.07, 6.45) is 1.28. The number of benzene rings is 2. The maximum atomic E-state index is 13.3. The average molecular weight is 529 g/mol. The number of amides is 1. The van der Waals surface area contributed by atoms with E-state index in [0.717, 1.165) is 17.4 Å². The normalized spacial score (nSPS) is 13.4. The van der Waals surface area contributed by atoms with Gasteiger partial charge in [-0.2, -0.15) is 0 Å². The van der Waals surface area contributed by atoms with E-state index in [2.05, 4.69) is 5.32 Å². The zero-order valence-corrected chi connectivity index (χ0v) is 23.4. The van der Waals surface area contributed by atoms with Crippen LogP contribution in [0.2, 0.25) is 0 Å². The molecule has 0 bridgehead atoms. The number of ether oxygens (including phenoxy) is 1. The predicted molar refractivity (Wildman–Crippen MR) is 145 cm³/mol. The SMILES string of the molecule is CCOc1cc2c(cc1CC(=O)NC)C(=N)N(CC(=O)c1ccc(N(C)S(C)(=O)=O)c(C(C)(C)C)c1)C2. The third kappa shape index (κ3) is 6.12. The molecule has 2 aromatic carbocycles. The second kappa shape index (κ2) is 10.5. The van der Waals surface area contributed by atoms with Gasteiger partial charge in [-0.1, -0.05) is 20.8 Å². The van der Waals surface area contributed by atoms with Crippen molar-refractivity contribution in [1.29, 1.82) is 5.41 Å². The largest absolute Gasteiger partial charge is 0.494 e. The fourth-order valence-electron chi connectivity index (χ4n) is 4.33. The van der Waals surface area contributed by atoms with Crippen LogP contribution in [0.15, 0.2) is 30.3 Å². The van der Waals surface area contributed by atoms with Gasteiger partial charge in [-0.15, -0.1) is 0 Å². The van der Waals surface area contributed by atoms with Crippen LogP contribution in [0.25, 0.3) is 0 Å². The summed E-state index contributed by atoms with van der Waals surface area (Å²) < 4.78 is 31.3. The number of hydrogen-bond donors (Lipinski definition) is 2. The first kappa shape index (κ1) is 28.2. The van der Waals surface area contributed by atoms with E-state index >= 15 is 0 Å². The van der Waals surface area contributed by atoms with E-state index in [-0.39, 0.29) is 30.5 Å². The van der Waals surface area contributed by atoms with Crippen LogP contribution in [0, 0.1) is 5.41 Å². The molecule has 0 spiro atoms. The number of likely N-dealkylation sites (N-methyl/N-ethyl adjacent to an activating group) is 1. The second-order valence-electron chi connectivity index (χ2n) is 10.2. The summed E-state index contributed by atoms with van der Waals surface area (Å²) in [4.78, 5) is 27.0. The fourth-order valence-corrected chi connectivity index (χ4v) is 4.84. The average Bonchev–Trinajstić information content (AvgIpc) is 3.11. The minimum absolute atomic E-state index is 0.00684. The van der Waals surface area contributed by atoms with Crippen molar-refractivity contribution in [2.24, 2.45) is 0 Å². The van der Waals surface area contributed by atoms with Crippen molar-refractivity contribution < 1.29 is 22.7 Å². The van der Waals surface area contributed by atoms with E-state index in [4.69, 9.17) is 10.1 Å². The topological polar surface area (TPSA) is 120 Å². The third-order valence-electron chi connectivity index (χ3n) is 6.45. The van der Waals surface area contributed by atoms with E-state index in [1.54, 1.807) is 36.2 Å². The monoisotopic (exact) mass is 528 g/mol. The summed E-state index contributed by atoms with van der Waals surface area (Å²) in [5, 5.41) is 11.3. The zero-order valence-electron chi connectivity index (χ0n) is 22.6. The molecule has 37 heavy (non-hydrogen) atoms. The molecular weight excluding hydrogens is 492 g/mol. The van der Waals surface area contributed by atoms with Crippen LogP contribution >= 0.6 is 0 Å². The van der Waals surface area contributed by atoms with Crippen LogP contribution in [-0.2, 0) is 33.2 Å². The lowest BCUT2D eigenvalue weighted by Crippen LogP contribution is -2.31. The van der Waals surface area contributed by atoms with Gasteiger partial charge in [-0.25, -0.2) is 8.42 Å². The number of ketones is 1. The standard InChI is InChI=1S/C27H36N4O5S/c1-8-36-24-13-19-15-31(26(28)20(19)11-18(24)14-25(33)29-5)16-23(32)17-9-10-22(30(6)37(7,34)35)21(12-17)27(2,3)4/h9-13,28H,8,14-16H2,1-7H3,(H,29,33). The third-order valence-corrected chi connectivity index (χ3v) is 7.64. The molecule has 1 heterocycles. The molecule has 0 fully saturated rings. The molecule has 2 aromatic rings. The maximum Gasteiger partial charge on any atom is 0.232 e. The maximum absolute atomic E-state index is 13.3. The molecule has 0 saturated heterocycles. The van der Waals surface area contributed by atoms with Crippen LogP contribution in [0.3, 0.4) is 0 Å². The van der Waals surface area contributed by atoms with Crippen LogP contribution in [-0.4, -0.2) is 64.3 Å². The quantitative estimate of drug-likeness (QED) is 0.483. The van der Waals surface area contributed by atoms with Crippen LogP contribution < -0.4 is 14.4 Å². The molecular formula is C27H36N4O5S. The molecule has 0 radical (unpaired) electrons. The van der Waals surface area contributed by atoms with Gasteiger partial charge in [-0.3, -0.25) is 19.3 Å². The molecule has 1 amide bonds. The summed E-state index contributed by atoms with van der Waals surface area (Å²) in [5.41, 5.74) is 3.55. The summed E-state index contributed by atoms with van der Waals surface area (Å²) >= 11 is 0. The Morgan fingerprint density at radius 3 is 2.43 bits per heavy atom. The summed E-state index contributed by atoms with van der Waals surface area (Å²) in [6.45, 7) is 8.59. The first-order valence-corrected chi connectivity index (χ1v) is 14.0. The highest BCUT2D eigenvalue weighted by atomic mass is 32.2. The highest BCUT2D eigenvalue weighted by molar-refractivity contribution is 7.92. The number of anilines is 1. The smallest absolute Gasteiger partial charge is 0.232 e. The van der Waals surface area contributed by atoms with Crippen molar-refractivity contribution in [3.63, 3.8) is 0 Å². The van der Waals surface area contributed by atoms with E-state index in [0.29, 0.717) is 41.3 Å². The van der Waals surface area contributed by atoms with Gasteiger partial charge in [0, 0.05) is 37.3 Å². The lowest BCUT2D eigenvalue weighted by molar-refractivity contribution is -0.119. The number of nitrogens with zero attached hydrogens (tertiary/aromatic N) is 2. The van der Waals surface area contributed by atoms with Crippen molar-refractivity contribution in [3.8, 4) is 5.75 Å². The molecule has 10 heteroatoms. The lowest BCUT2D eigenvalue weighted by atomic mass is 9.84. The van der Waals surface area contributed by atoms with Gasteiger partial charge in [0.2, 0.25) is 15.9 Å². The lowest BCUT2D eigenvalue weighted by Gasteiger charge is -2.28. The van der Waals surface area contributed by atoms with Crippen LogP contribution in [0.5, 0.6) is 5.75 Å². The Kier molecular flexibility index (Phi) is 8.02. The molecule has 0 atom stereocenters. The molecule has 0 unspecified atom stereocenters. The van der Waals surface area contributed by atoms with Crippen molar-refractivity contribution >= 4 is 33.2 Å². The number of Topliss-reactive ketones (excluding diaryl/α,β-unsaturated/α-hetero) is 1. The Labute approximate surface area is 219 Å². The minimum atomic E-state index is -3.47. The zero-order chi connectivity index (χ0) is 27.7. The predicted octanol–water partition coefficient (Wildman–Crippen LogP) is 3.09. The number of amidine groups is 1. The van der Waals surface area contributed by atoms with Crippen LogP contribution in [0.1, 0.15) is 60.3 Å². The molecule has 200 valence electrons. The number of fused-ring (bicyclic) bond motifs is 1. The van der Waals surface area contributed by atoms with Gasteiger partial charge in [-0.05, 0) is 53.8 Å². The van der Waals surface area contributed by atoms with Crippen LogP contribution in [0.4, 0.5) is 5.69 Å². The Hall–Kier alpha value is -3.40. The molecule has 0 aliphatic carbocycles. The Morgan fingerprint density at radius 2 is 1.86 bits per heavy atom. The van der Waals surface area contributed by atoms with E-state index in [1.165, 1.54) is 11.4 Å². The van der Waals surface area contributed by atoms with Gasteiger partial charge >= 0.3 is 0 Å². The Bertz CT molecular complexity index is 1350. The molecule has 3 rings (SSSR count). The van der Waals surface area contributed by atoms with E-state index in [9.17, 15) is 18.0 Å². The number of nitrogens with one attached hydrogen (secondary N) is 2. The molecule has 0 saturated carbocycles.